The number of nitrogens with zero attached hydrogens (tertiary/aromatic N) is 1. The third-order valence-corrected chi connectivity index (χ3v) is 11.8. The Labute approximate surface area is 310 Å². The number of anilines is 3. The molecule has 0 radical (unpaired) electrons. The van der Waals surface area contributed by atoms with Crippen molar-refractivity contribution in [3.05, 3.63) is 188 Å². The Morgan fingerprint density at radius 2 is 1.06 bits per heavy atom. The lowest BCUT2D eigenvalue weighted by Crippen LogP contribution is -2.11. The van der Waals surface area contributed by atoms with E-state index in [0.29, 0.717) is 0 Å². The zero-order valence-corrected chi connectivity index (χ0v) is 29.5. The van der Waals surface area contributed by atoms with E-state index >= 15 is 0 Å². The van der Waals surface area contributed by atoms with Crippen LogP contribution in [0.5, 0.6) is 0 Å². The van der Waals surface area contributed by atoms with Crippen molar-refractivity contribution >= 4 is 92.1 Å². The fraction of sp³-hybridized carbons (Fsp3) is 0. The molecule has 2 nitrogen and oxygen atoms in total. The van der Waals surface area contributed by atoms with Crippen LogP contribution in [0.1, 0.15) is 0 Å². The van der Waals surface area contributed by atoms with Crippen LogP contribution in [0.2, 0.25) is 0 Å². The molecule has 11 rings (SSSR count). The van der Waals surface area contributed by atoms with E-state index in [1.54, 1.807) is 0 Å². The zero-order chi connectivity index (χ0) is 34.9. The highest BCUT2D eigenvalue weighted by molar-refractivity contribution is 7.25. The average Bonchev–Trinajstić information content (AvgIpc) is 3.80. The van der Waals surface area contributed by atoms with Gasteiger partial charge in [0.2, 0.25) is 0 Å². The molecule has 0 aliphatic carbocycles. The summed E-state index contributed by atoms with van der Waals surface area (Å²) in [4.78, 5) is 2.40. The van der Waals surface area contributed by atoms with E-state index in [2.05, 4.69) is 193 Å². The highest BCUT2D eigenvalue weighted by Gasteiger charge is 2.24. The summed E-state index contributed by atoms with van der Waals surface area (Å²) in [6, 6.07) is 67.9. The highest BCUT2D eigenvalue weighted by atomic mass is 32.1. The molecule has 248 valence electrons. The van der Waals surface area contributed by atoms with Gasteiger partial charge in [-0.25, -0.2) is 0 Å². The third-order valence-electron chi connectivity index (χ3n) is 10.7. The van der Waals surface area contributed by atoms with Gasteiger partial charge < -0.3 is 9.32 Å². The first-order valence-electron chi connectivity index (χ1n) is 18.0. The number of thiophene rings is 1. The predicted molar refractivity (Wildman–Crippen MR) is 227 cm³/mol. The van der Waals surface area contributed by atoms with E-state index in [0.717, 1.165) is 44.6 Å². The third kappa shape index (κ3) is 4.78. The van der Waals surface area contributed by atoms with Crippen LogP contribution >= 0.6 is 11.3 Å². The van der Waals surface area contributed by atoms with Crippen LogP contribution in [0, 0.1) is 0 Å². The van der Waals surface area contributed by atoms with Crippen LogP contribution in [0.25, 0.3) is 85.9 Å². The van der Waals surface area contributed by atoms with Gasteiger partial charge in [-0.05, 0) is 80.9 Å². The Kier molecular flexibility index (Phi) is 6.76. The summed E-state index contributed by atoms with van der Waals surface area (Å²) in [6.07, 6.45) is 0. The van der Waals surface area contributed by atoms with Crippen molar-refractivity contribution in [1.29, 1.82) is 0 Å². The molecular weight excluding hydrogens is 663 g/mol. The van der Waals surface area contributed by atoms with E-state index in [-0.39, 0.29) is 0 Å². The van der Waals surface area contributed by atoms with E-state index in [4.69, 9.17) is 4.42 Å². The summed E-state index contributed by atoms with van der Waals surface area (Å²) in [6.45, 7) is 0. The van der Waals surface area contributed by atoms with Crippen LogP contribution in [0.4, 0.5) is 17.1 Å². The summed E-state index contributed by atoms with van der Waals surface area (Å²) < 4.78 is 9.52. The van der Waals surface area contributed by atoms with Gasteiger partial charge >= 0.3 is 0 Å². The lowest BCUT2D eigenvalue weighted by molar-refractivity contribution is 0.669. The standard InChI is InChI=1S/C50H31NOS/c1-2-12-33(13-3-1)38-28-29-44(50-49(38)43-19-8-10-20-46(43)52-50)51(45-30-35-14-4-5-15-37(35)39-16-6-7-17-40(39)45)36-25-22-32(23-26-36)34-24-27-42-41-18-9-11-21-47(41)53-48(42)31-34/h1-31H. The quantitative estimate of drug-likeness (QED) is 0.167. The van der Waals surface area contributed by atoms with Crippen LogP contribution in [-0.2, 0) is 0 Å². The molecule has 0 spiro atoms. The van der Waals surface area contributed by atoms with Gasteiger partial charge in [0.25, 0.3) is 0 Å². The molecule has 53 heavy (non-hydrogen) atoms. The molecule has 9 aromatic carbocycles. The molecule has 2 aromatic heterocycles. The zero-order valence-electron chi connectivity index (χ0n) is 28.7. The van der Waals surface area contributed by atoms with Crippen LogP contribution < -0.4 is 4.90 Å². The van der Waals surface area contributed by atoms with E-state index in [1.807, 2.05) is 11.3 Å². The second kappa shape index (κ2) is 11.9. The van der Waals surface area contributed by atoms with Crippen molar-refractivity contribution in [1.82, 2.24) is 0 Å². The maximum absolute atomic E-state index is 6.89. The van der Waals surface area contributed by atoms with Gasteiger partial charge in [0.15, 0.2) is 5.58 Å². The van der Waals surface area contributed by atoms with E-state index < -0.39 is 0 Å². The van der Waals surface area contributed by atoms with Gasteiger partial charge in [-0.1, -0.05) is 146 Å². The van der Waals surface area contributed by atoms with Crippen molar-refractivity contribution in [2.24, 2.45) is 0 Å². The number of benzene rings is 9. The fourth-order valence-electron chi connectivity index (χ4n) is 8.18. The molecule has 0 N–H and O–H groups in total. The van der Waals surface area contributed by atoms with Gasteiger partial charge in [-0.3, -0.25) is 0 Å². The Hall–Kier alpha value is -6.68. The first kappa shape index (κ1) is 30.0. The van der Waals surface area contributed by atoms with Gasteiger partial charge in [0.05, 0.1) is 11.4 Å². The molecule has 3 heteroatoms. The van der Waals surface area contributed by atoms with E-state index in [9.17, 15) is 0 Å². The molecule has 0 aliphatic rings. The molecule has 11 aromatic rings. The minimum absolute atomic E-state index is 0.865. The number of hydrogen-bond acceptors (Lipinski definition) is 3. The van der Waals surface area contributed by atoms with Crippen LogP contribution in [0.3, 0.4) is 0 Å². The normalized spacial score (nSPS) is 11.8. The molecule has 0 fully saturated rings. The second-order valence-electron chi connectivity index (χ2n) is 13.7. The summed E-state index contributed by atoms with van der Waals surface area (Å²) >= 11 is 1.86. The maximum Gasteiger partial charge on any atom is 0.160 e. The molecule has 0 amide bonds. The summed E-state index contributed by atoms with van der Waals surface area (Å²) in [5.41, 5.74) is 9.62. The molecule has 0 bridgehead atoms. The van der Waals surface area contributed by atoms with E-state index in [1.165, 1.54) is 58.4 Å². The second-order valence-corrected chi connectivity index (χ2v) is 14.7. The minimum Gasteiger partial charge on any atom is -0.454 e. The fourth-order valence-corrected chi connectivity index (χ4v) is 9.33. The van der Waals surface area contributed by atoms with Crippen molar-refractivity contribution in [3.8, 4) is 22.3 Å². The summed E-state index contributed by atoms with van der Waals surface area (Å²) in [7, 11) is 0. The molecular formula is C50H31NOS. The van der Waals surface area contributed by atoms with Crippen molar-refractivity contribution in [2.45, 2.75) is 0 Å². The minimum atomic E-state index is 0.865. The van der Waals surface area contributed by atoms with Gasteiger partial charge in [-0.15, -0.1) is 11.3 Å². The predicted octanol–water partition coefficient (Wildman–Crippen LogP) is 15.1. The molecule has 0 saturated heterocycles. The summed E-state index contributed by atoms with van der Waals surface area (Å²) in [5, 5.41) is 9.71. The number of fused-ring (bicyclic) bond motifs is 9. The average molecular weight is 694 g/mol. The molecule has 0 unspecified atom stereocenters. The smallest absolute Gasteiger partial charge is 0.160 e. The van der Waals surface area contributed by atoms with Crippen molar-refractivity contribution in [2.75, 3.05) is 4.90 Å². The number of para-hydroxylation sites is 1. The summed E-state index contributed by atoms with van der Waals surface area (Å²) in [5.74, 6) is 0. The van der Waals surface area contributed by atoms with Gasteiger partial charge in [0, 0.05) is 42.0 Å². The van der Waals surface area contributed by atoms with Gasteiger partial charge in [-0.2, -0.15) is 0 Å². The van der Waals surface area contributed by atoms with Gasteiger partial charge in [0.1, 0.15) is 5.58 Å². The number of rotatable bonds is 5. The maximum atomic E-state index is 6.89. The van der Waals surface area contributed by atoms with Crippen molar-refractivity contribution in [3.63, 3.8) is 0 Å². The highest BCUT2D eigenvalue weighted by Crippen LogP contribution is 2.48. The Balaban J connectivity index is 1.15. The Bertz CT molecular complexity index is 3170. The largest absolute Gasteiger partial charge is 0.454 e. The Morgan fingerprint density at radius 3 is 1.91 bits per heavy atom. The molecule has 2 heterocycles. The first-order chi connectivity index (χ1) is 26.3. The topological polar surface area (TPSA) is 16.4 Å². The first-order valence-corrected chi connectivity index (χ1v) is 18.8. The van der Waals surface area contributed by atoms with Crippen LogP contribution in [-0.4, -0.2) is 0 Å². The number of hydrogen-bond donors (Lipinski definition) is 0. The monoisotopic (exact) mass is 693 g/mol. The lowest BCUT2D eigenvalue weighted by atomic mass is 9.96. The van der Waals surface area contributed by atoms with Crippen molar-refractivity contribution < 1.29 is 4.42 Å². The Morgan fingerprint density at radius 1 is 0.396 bits per heavy atom. The number of furan rings is 1. The van der Waals surface area contributed by atoms with Crippen LogP contribution in [0.15, 0.2) is 192 Å². The molecule has 0 atom stereocenters. The SMILES string of the molecule is c1ccc(-c2ccc(N(c3ccc(-c4ccc5c(c4)sc4ccccc45)cc3)c3cc4ccccc4c4ccccc34)c3oc4ccccc4c23)cc1. The molecule has 0 aliphatic heterocycles. The lowest BCUT2D eigenvalue weighted by Gasteiger charge is -2.28. The molecule has 0 saturated carbocycles.